The molecule has 0 unspecified atom stereocenters. The molecule has 0 saturated heterocycles. The summed E-state index contributed by atoms with van der Waals surface area (Å²) in [5.74, 6) is -0.469. The third kappa shape index (κ3) is 3.97. The molecule has 1 heterocycles. The van der Waals surface area contributed by atoms with Crippen LogP contribution in [0.4, 0.5) is 11.4 Å². The van der Waals surface area contributed by atoms with Crippen LogP contribution < -0.4 is 16.3 Å². The van der Waals surface area contributed by atoms with Crippen molar-refractivity contribution < 1.29 is 14.0 Å². The van der Waals surface area contributed by atoms with Crippen LogP contribution in [0.2, 0.25) is 0 Å². The number of hydrogen-bond donors (Lipinski definition) is 2. The quantitative estimate of drug-likeness (QED) is 0.703. The van der Waals surface area contributed by atoms with Gasteiger partial charge in [0.15, 0.2) is 0 Å². The highest BCUT2D eigenvalue weighted by molar-refractivity contribution is 6.05. The summed E-state index contributed by atoms with van der Waals surface area (Å²) in [5, 5.41) is 6.29. The summed E-state index contributed by atoms with van der Waals surface area (Å²) in [4.78, 5) is 35.3. The lowest BCUT2D eigenvalue weighted by molar-refractivity contribution is -0.118. The first-order chi connectivity index (χ1) is 12.4. The fourth-order valence-corrected chi connectivity index (χ4v) is 2.34. The van der Waals surface area contributed by atoms with Gasteiger partial charge in [-0.1, -0.05) is 13.8 Å². The van der Waals surface area contributed by atoms with Gasteiger partial charge in [-0.2, -0.15) is 0 Å². The van der Waals surface area contributed by atoms with Crippen LogP contribution in [0.25, 0.3) is 11.0 Å². The van der Waals surface area contributed by atoms with Crippen molar-refractivity contribution in [3.05, 3.63) is 70.6 Å². The first-order valence-electron chi connectivity index (χ1n) is 8.18. The first-order valence-corrected chi connectivity index (χ1v) is 8.18. The van der Waals surface area contributed by atoms with E-state index in [1.165, 1.54) is 6.07 Å². The Morgan fingerprint density at radius 3 is 2.27 bits per heavy atom. The van der Waals surface area contributed by atoms with Crippen LogP contribution in [0, 0.1) is 5.92 Å². The third-order valence-electron chi connectivity index (χ3n) is 3.82. The molecule has 6 heteroatoms. The second kappa shape index (κ2) is 7.23. The Labute approximate surface area is 149 Å². The monoisotopic (exact) mass is 350 g/mol. The van der Waals surface area contributed by atoms with E-state index in [9.17, 15) is 14.4 Å². The number of amides is 2. The van der Waals surface area contributed by atoms with Gasteiger partial charge < -0.3 is 15.1 Å². The van der Waals surface area contributed by atoms with Crippen molar-refractivity contribution in [2.75, 3.05) is 10.6 Å². The van der Waals surface area contributed by atoms with Crippen LogP contribution >= 0.6 is 0 Å². The highest BCUT2D eigenvalue weighted by Crippen LogP contribution is 2.19. The molecule has 3 rings (SSSR count). The molecule has 2 aromatic carbocycles. The molecular formula is C20H18N2O4. The van der Waals surface area contributed by atoms with Gasteiger partial charge in [-0.15, -0.1) is 0 Å². The molecule has 0 spiro atoms. The van der Waals surface area contributed by atoms with Gasteiger partial charge in [-0.25, -0.2) is 4.79 Å². The van der Waals surface area contributed by atoms with Gasteiger partial charge in [0.25, 0.3) is 5.91 Å². The normalized spacial score (nSPS) is 10.7. The zero-order valence-electron chi connectivity index (χ0n) is 14.4. The minimum absolute atomic E-state index is 0.0787. The second-order valence-corrected chi connectivity index (χ2v) is 6.18. The number of carbonyl (C=O) groups is 2. The standard InChI is InChI=1S/C20H18N2O4/c1-12(2)19(24)21-15-6-3-13(4-7-15)20(25)22-16-8-9-17-14(11-16)5-10-18(23)26-17/h3-12H,1-2H3,(H,21,24)(H,22,25). The van der Waals surface area contributed by atoms with E-state index < -0.39 is 5.63 Å². The average Bonchev–Trinajstić information content (AvgIpc) is 2.62. The third-order valence-corrected chi connectivity index (χ3v) is 3.82. The zero-order valence-corrected chi connectivity index (χ0v) is 14.4. The van der Waals surface area contributed by atoms with Gasteiger partial charge in [0.1, 0.15) is 5.58 Å². The van der Waals surface area contributed by atoms with E-state index in [0.29, 0.717) is 27.9 Å². The summed E-state index contributed by atoms with van der Waals surface area (Å²) in [6, 6.07) is 14.7. The van der Waals surface area contributed by atoms with Crippen LogP contribution in [0.1, 0.15) is 24.2 Å². The maximum Gasteiger partial charge on any atom is 0.336 e. The van der Waals surface area contributed by atoms with E-state index in [1.54, 1.807) is 48.5 Å². The fourth-order valence-electron chi connectivity index (χ4n) is 2.34. The molecule has 26 heavy (non-hydrogen) atoms. The van der Waals surface area contributed by atoms with Crippen molar-refractivity contribution in [3.8, 4) is 0 Å². The Morgan fingerprint density at radius 2 is 1.58 bits per heavy atom. The average molecular weight is 350 g/mol. The highest BCUT2D eigenvalue weighted by Gasteiger charge is 2.10. The lowest BCUT2D eigenvalue weighted by atomic mass is 10.1. The molecule has 0 radical (unpaired) electrons. The molecule has 132 valence electrons. The molecule has 0 fully saturated rings. The predicted octanol–water partition coefficient (Wildman–Crippen LogP) is 3.64. The molecule has 2 amide bonds. The number of nitrogens with one attached hydrogen (secondary N) is 2. The van der Waals surface area contributed by atoms with E-state index in [-0.39, 0.29) is 17.7 Å². The molecule has 0 saturated carbocycles. The number of carbonyl (C=O) groups excluding carboxylic acids is 2. The summed E-state index contributed by atoms with van der Waals surface area (Å²) in [7, 11) is 0. The van der Waals surface area contributed by atoms with Crippen LogP contribution in [-0.4, -0.2) is 11.8 Å². The van der Waals surface area contributed by atoms with Crippen molar-refractivity contribution in [1.29, 1.82) is 0 Å². The molecule has 1 aromatic heterocycles. The van der Waals surface area contributed by atoms with Crippen LogP contribution in [-0.2, 0) is 4.79 Å². The van der Waals surface area contributed by atoms with Crippen molar-refractivity contribution in [2.45, 2.75) is 13.8 Å². The van der Waals surface area contributed by atoms with Crippen molar-refractivity contribution in [1.82, 2.24) is 0 Å². The lowest BCUT2D eigenvalue weighted by Gasteiger charge is -2.09. The van der Waals surface area contributed by atoms with E-state index in [2.05, 4.69) is 10.6 Å². The van der Waals surface area contributed by atoms with E-state index in [0.717, 1.165) is 0 Å². The molecule has 0 aliphatic heterocycles. The van der Waals surface area contributed by atoms with Gasteiger partial charge in [0.05, 0.1) is 0 Å². The molecule has 0 atom stereocenters. The largest absolute Gasteiger partial charge is 0.423 e. The summed E-state index contributed by atoms with van der Waals surface area (Å²) in [6.45, 7) is 3.62. The van der Waals surface area contributed by atoms with E-state index in [4.69, 9.17) is 4.42 Å². The number of rotatable bonds is 4. The molecule has 6 nitrogen and oxygen atoms in total. The predicted molar refractivity (Wildman–Crippen MR) is 100 cm³/mol. The Morgan fingerprint density at radius 1 is 0.885 bits per heavy atom. The zero-order chi connectivity index (χ0) is 18.7. The summed E-state index contributed by atoms with van der Waals surface area (Å²) in [5.41, 5.74) is 1.74. The minimum Gasteiger partial charge on any atom is -0.423 e. The smallest absolute Gasteiger partial charge is 0.336 e. The van der Waals surface area contributed by atoms with Crippen LogP contribution in [0.5, 0.6) is 0 Å². The van der Waals surface area contributed by atoms with E-state index in [1.807, 2.05) is 13.8 Å². The van der Waals surface area contributed by atoms with E-state index >= 15 is 0 Å². The summed E-state index contributed by atoms with van der Waals surface area (Å²) in [6.07, 6.45) is 0. The Balaban J connectivity index is 1.72. The number of anilines is 2. The molecule has 0 aliphatic carbocycles. The van der Waals surface area contributed by atoms with Crippen molar-refractivity contribution in [2.24, 2.45) is 5.92 Å². The Hall–Kier alpha value is -3.41. The topological polar surface area (TPSA) is 88.4 Å². The molecule has 3 aromatic rings. The summed E-state index contributed by atoms with van der Waals surface area (Å²) >= 11 is 0. The molecular weight excluding hydrogens is 332 g/mol. The fraction of sp³-hybridized carbons (Fsp3) is 0.150. The molecule has 2 N–H and O–H groups in total. The van der Waals surface area contributed by atoms with Crippen molar-refractivity contribution >= 4 is 34.2 Å². The summed E-state index contributed by atoms with van der Waals surface area (Å²) < 4.78 is 5.07. The maximum absolute atomic E-state index is 12.4. The minimum atomic E-state index is -0.418. The first kappa shape index (κ1) is 17.4. The Kier molecular flexibility index (Phi) is 4.84. The lowest BCUT2D eigenvalue weighted by Crippen LogP contribution is -2.18. The maximum atomic E-state index is 12.4. The van der Waals surface area contributed by atoms with Crippen LogP contribution in [0.3, 0.4) is 0 Å². The van der Waals surface area contributed by atoms with Gasteiger partial charge in [0, 0.05) is 34.3 Å². The second-order valence-electron chi connectivity index (χ2n) is 6.18. The number of fused-ring (bicyclic) bond motifs is 1. The number of hydrogen-bond acceptors (Lipinski definition) is 4. The molecule has 0 aliphatic rings. The van der Waals surface area contributed by atoms with Crippen molar-refractivity contribution in [3.63, 3.8) is 0 Å². The van der Waals surface area contributed by atoms with Gasteiger partial charge in [-0.05, 0) is 48.5 Å². The van der Waals surface area contributed by atoms with Gasteiger partial charge in [-0.3, -0.25) is 9.59 Å². The molecule has 0 bridgehead atoms. The number of benzene rings is 2. The SMILES string of the molecule is CC(C)C(=O)Nc1ccc(C(=O)Nc2ccc3oc(=O)ccc3c2)cc1. The highest BCUT2D eigenvalue weighted by atomic mass is 16.4. The van der Waals surface area contributed by atoms with Gasteiger partial charge >= 0.3 is 5.63 Å². The van der Waals surface area contributed by atoms with Crippen LogP contribution in [0.15, 0.2) is 63.8 Å². The Bertz CT molecular complexity index is 1020. The van der Waals surface area contributed by atoms with Gasteiger partial charge in [0.2, 0.25) is 5.91 Å².